The van der Waals surface area contributed by atoms with Gasteiger partial charge in [0.25, 0.3) is 0 Å². The maximum Gasteiger partial charge on any atom is 0.0448 e. The van der Waals surface area contributed by atoms with Gasteiger partial charge in [-0.3, -0.25) is 0 Å². The molecule has 1 fully saturated rings. The van der Waals surface area contributed by atoms with E-state index in [2.05, 4.69) is 80.8 Å². The van der Waals surface area contributed by atoms with Gasteiger partial charge >= 0.3 is 0 Å². The molecule has 2 rings (SSSR count). The predicted octanol–water partition coefficient (Wildman–Crippen LogP) is 4.48. The Labute approximate surface area is 132 Å². The molecule has 0 radical (unpaired) electrons. The van der Waals surface area contributed by atoms with Crippen molar-refractivity contribution in [3.63, 3.8) is 0 Å². The second-order valence-electron chi connectivity index (χ2n) is 6.39. The molecule has 1 heterocycles. The Bertz CT molecular complexity index is 402. The fraction of sp³-hybridized carbons (Fsp3) is 0.647. The van der Waals surface area contributed by atoms with Crippen LogP contribution in [0.4, 0.5) is 0 Å². The summed E-state index contributed by atoms with van der Waals surface area (Å²) in [6.45, 7) is 10.1. The van der Waals surface area contributed by atoms with Gasteiger partial charge in [0.15, 0.2) is 0 Å². The van der Waals surface area contributed by atoms with Crippen molar-refractivity contribution in [2.45, 2.75) is 44.4 Å². The summed E-state index contributed by atoms with van der Waals surface area (Å²) in [5, 5.41) is 4.40. The molecule has 1 saturated heterocycles. The first-order valence-electron chi connectivity index (χ1n) is 7.55. The number of rotatable bonds is 4. The van der Waals surface area contributed by atoms with Crippen molar-refractivity contribution in [2.75, 3.05) is 23.8 Å². The molecule has 20 heavy (non-hydrogen) atoms. The van der Waals surface area contributed by atoms with Gasteiger partial charge in [0.2, 0.25) is 0 Å². The van der Waals surface area contributed by atoms with Crippen LogP contribution in [0.15, 0.2) is 24.3 Å². The van der Waals surface area contributed by atoms with Crippen LogP contribution in [-0.2, 0) is 5.41 Å². The summed E-state index contributed by atoms with van der Waals surface area (Å²) in [6, 6.07) is 9.76. The van der Waals surface area contributed by atoms with Crippen LogP contribution < -0.4 is 5.32 Å². The molecule has 0 spiro atoms. The maximum atomic E-state index is 3.69. The molecule has 0 bridgehead atoms. The van der Waals surface area contributed by atoms with E-state index in [1.165, 1.54) is 28.4 Å². The summed E-state index contributed by atoms with van der Waals surface area (Å²) < 4.78 is 0. The van der Waals surface area contributed by atoms with Crippen LogP contribution in [0.5, 0.6) is 0 Å². The smallest absolute Gasteiger partial charge is 0.0448 e. The standard InChI is InChI=1S/C17H27NS2/c1-5-18-16(15-12-19-10-11-20-15)13-6-8-14(9-7-13)17(2,3)4/h6-9,15-16,18H,5,10-12H2,1-4H3. The van der Waals surface area contributed by atoms with E-state index in [9.17, 15) is 0 Å². The maximum absolute atomic E-state index is 3.69. The molecule has 2 atom stereocenters. The highest BCUT2D eigenvalue weighted by Gasteiger charge is 2.25. The highest BCUT2D eigenvalue weighted by molar-refractivity contribution is 8.06. The first-order valence-corrected chi connectivity index (χ1v) is 9.76. The Morgan fingerprint density at radius 2 is 1.90 bits per heavy atom. The number of benzene rings is 1. The third kappa shape index (κ3) is 4.19. The predicted molar refractivity (Wildman–Crippen MR) is 95.1 cm³/mol. The van der Waals surface area contributed by atoms with E-state index < -0.39 is 0 Å². The molecule has 1 N–H and O–H groups in total. The third-order valence-electron chi connectivity index (χ3n) is 3.77. The first kappa shape index (κ1) is 16.3. The molecule has 3 heteroatoms. The van der Waals surface area contributed by atoms with Crippen LogP contribution in [0, 0.1) is 0 Å². The molecule has 0 aliphatic carbocycles. The molecule has 2 unspecified atom stereocenters. The Kier molecular flexibility index (Phi) is 5.88. The summed E-state index contributed by atoms with van der Waals surface area (Å²) in [4.78, 5) is 0. The van der Waals surface area contributed by atoms with Crippen molar-refractivity contribution in [1.29, 1.82) is 0 Å². The van der Waals surface area contributed by atoms with Crippen LogP contribution in [0.1, 0.15) is 44.9 Å². The molecule has 1 nitrogen and oxygen atoms in total. The van der Waals surface area contributed by atoms with Crippen LogP contribution in [0.25, 0.3) is 0 Å². The zero-order valence-corrected chi connectivity index (χ0v) is 14.7. The average Bonchev–Trinajstić information content (AvgIpc) is 2.45. The lowest BCUT2D eigenvalue weighted by Crippen LogP contribution is -2.33. The Balaban J connectivity index is 2.16. The molecule has 1 aromatic carbocycles. The highest BCUT2D eigenvalue weighted by atomic mass is 32.2. The molecular weight excluding hydrogens is 282 g/mol. The van der Waals surface area contributed by atoms with Crippen molar-refractivity contribution in [2.24, 2.45) is 0 Å². The van der Waals surface area contributed by atoms with Gasteiger partial charge in [-0.1, -0.05) is 52.0 Å². The molecular formula is C17H27NS2. The lowest BCUT2D eigenvalue weighted by Gasteiger charge is -2.31. The van der Waals surface area contributed by atoms with Gasteiger partial charge in [-0.25, -0.2) is 0 Å². The summed E-state index contributed by atoms with van der Waals surface area (Å²) >= 11 is 4.23. The quantitative estimate of drug-likeness (QED) is 0.880. The normalized spacial score (nSPS) is 21.7. The molecule has 0 saturated carbocycles. The van der Waals surface area contributed by atoms with E-state index in [0.29, 0.717) is 11.3 Å². The lowest BCUT2D eigenvalue weighted by molar-refractivity contribution is 0.548. The highest BCUT2D eigenvalue weighted by Crippen LogP contribution is 2.34. The van der Waals surface area contributed by atoms with E-state index in [-0.39, 0.29) is 5.41 Å². The molecule has 0 aromatic heterocycles. The van der Waals surface area contributed by atoms with Crippen LogP contribution in [0.2, 0.25) is 0 Å². The van der Waals surface area contributed by atoms with Gasteiger partial charge < -0.3 is 5.32 Å². The van der Waals surface area contributed by atoms with Crippen LogP contribution >= 0.6 is 23.5 Å². The van der Waals surface area contributed by atoms with Crippen molar-refractivity contribution < 1.29 is 0 Å². The summed E-state index contributed by atoms with van der Waals surface area (Å²) in [5.41, 5.74) is 3.10. The van der Waals surface area contributed by atoms with Gasteiger partial charge in [-0.05, 0) is 23.1 Å². The second kappa shape index (κ2) is 7.24. The van der Waals surface area contributed by atoms with E-state index in [1.807, 2.05) is 0 Å². The monoisotopic (exact) mass is 309 g/mol. The fourth-order valence-electron chi connectivity index (χ4n) is 2.57. The minimum Gasteiger partial charge on any atom is -0.309 e. The first-order chi connectivity index (χ1) is 9.52. The van der Waals surface area contributed by atoms with Gasteiger partial charge in [-0.15, -0.1) is 0 Å². The van der Waals surface area contributed by atoms with Crippen molar-refractivity contribution in [3.8, 4) is 0 Å². The van der Waals surface area contributed by atoms with E-state index >= 15 is 0 Å². The summed E-state index contributed by atoms with van der Waals surface area (Å²) in [5.74, 6) is 3.86. The molecule has 0 amide bonds. The average molecular weight is 310 g/mol. The Hall–Kier alpha value is -0.120. The van der Waals surface area contributed by atoms with Crippen molar-refractivity contribution >= 4 is 23.5 Å². The lowest BCUT2D eigenvalue weighted by atomic mass is 9.86. The largest absolute Gasteiger partial charge is 0.309 e. The zero-order valence-electron chi connectivity index (χ0n) is 13.1. The van der Waals surface area contributed by atoms with Gasteiger partial charge in [0.05, 0.1) is 0 Å². The minimum absolute atomic E-state index is 0.238. The number of hydrogen-bond donors (Lipinski definition) is 1. The Morgan fingerprint density at radius 3 is 2.40 bits per heavy atom. The second-order valence-corrected chi connectivity index (χ2v) is 8.89. The molecule has 112 valence electrons. The van der Waals surface area contributed by atoms with E-state index in [0.717, 1.165) is 6.54 Å². The van der Waals surface area contributed by atoms with Crippen molar-refractivity contribution in [3.05, 3.63) is 35.4 Å². The summed E-state index contributed by atoms with van der Waals surface area (Å²) in [6.07, 6.45) is 0. The fourth-order valence-corrected chi connectivity index (χ4v) is 5.44. The molecule has 1 aromatic rings. The Morgan fingerprint density at radius 1 is 1.20 bits per heavy atom. The van der Waals surface area contributed by atoms with Gasteiger partial charge in [-0.2, -0.15) is 23.5 Å². The molecule has 1 aliphatic heterocycles. The SMILES string of the molecule is CCNC(c1ccc(C(C)(C)C)cc1)C1CSCCS1. The van der Waals surface area contributed by atoms with Crippen LogP contribution in [-0.4, -0.2) is 29.1 Å². The summed E-state index contributed by atoms with van der Waals surface area (Å²) in [7, 11) is 0. The van der Waals surface area contributed by atoms with Gasteiger partial charge in [0.1, 0.15) is 0 Å². The number of thioether (sulfide) groups is 2. The third-order valence-corrected chi connectivity index (χ3v) is 6.64. The number of hydrogen-bond acceptors (Lipinski definition) is 3. The zero-order chi connectivity index (χ0) is 14.6. The topological polar surface area (TPSA) is 12.0 Å². The number of nitrogens with one attached hydrogen (secondary N) is 1. The van der Waals surface area contributed by atoms with Crippen molar-refractivity contribution in [1.82, 2.24) is 5.32 Å². The van der Waals surface area contributed by atoms with Crippen LogP contribution in [0.3, 0.4) is 0 Å². The molecule has 1 aliphatic rings. The van der Waals surface area contributed by atoms with E-state index in [1.54, 1.807) is 0 Å². The van der Waals surface area contributed by atoms with Gasteiger partial charge in [0, 0.05) is 28.6 Å². The minimum atomic E-state index is 0.238. The van der Waals surface area contributed by atoms with E-state index in [4.69, 9.17) is 0 Å².